The number of hydrogen-bond donors (Lipinski definition) is 2. The molecule has 188 valence electrons. The van der Waals surface area contributed by atoms with E-state index < -0.39 is 0 Å². The van der Waals surface area contributed by atoms with Crippen molar-refractivity contribution in [2.75, 3.05) is 21.3 Å². The number of benzene rings is 2. The number of carbonyl (C=O) groups is 2. The third-order valence-corrected chi connectivity index (χ3v) is 6.20. The molecule has 0 spiro atoms. The van der Waals surface area contributed by atoms with Gasteiger partial charge in [0.15, 0.2) is 11.5 Å². The number of amides is 3. The number of rotatable bonds is 6. The summed E-state index contributed by atoms with van der Waals surface area (Å²) in [5, 5.41) is 15.9. The van der Waals surface area contributed by atoms with Crippen molar-refractivity contribution in [2.24, 2.45) is 12.1 Å². The predicted molar refractivity (Wildman–Crippen MR) is 135 cm³/mol. The zero-order valence-electron chi connectivity index (χ0n) is 21.0. The lowest BCUT2D eigenvalue weighted by molar-refractivity contribution is 0.0950. The molecular weight excluding hydrogens is 460 g/mol. The molecule has 2 N–H and O–H groups in total. The van der Waals surface area contributed by atoms with E-state index in [-0.39, 0.29) is 18.0 Å². The van der Waals surface area contributed by atoms with E-state index in [1.54, 1.807) is 44.3 Å². The molecule has 0 aliphatic carbocycles. The summed E-state index contributed by atoms with van der Waals surface area (Å²) in [5.41, 5.74) is 4.58. The van der Waals surface area contributed by atoms with Gasteiger partial charge in [0.25, 0.3) is 5.91 Å². The molecule has 1 atom stereocenters. The number of hydrazone groups is 1. The second-order valence-electron chi connectivity index (χ2n) is 8.47. The zero-order chi connectivity index (χ0) is 25.8. The highest BCUT2D eigenvalue weighted by Gasteiger charge is 2.28. The molecule has 0 bridgehead atoms. The summed E-state index contributed by atoms with van der Waals surface area (Å²) in [6, 6.07) is 12.3. The van der Waals surface area contributed by atoms with Gasteiger partial charge >= 0.3 is 6.03 Å². The lowest BCUT2D eigenvalue weighted by Crippen LogP contribution is -2.41. The number of methoxy groups -OCH3 is 2. The van der Waals surface area contributed by atoms with Crippen LogP contribution in [0.25, 0.3) is 0 Å². The molecule has 1 unspecified atom stereocenters. The summed E-state index contributed by atoms with van der Waals surface area (Å²) < 4.78 is 12.8. The van der Waals surface area contributed by atoms with Crippen molar-refractivity contribution in [3.05, 3.63) is 76.6 Å². The van der Waals surface area contributed by atoms with E-state index >= 15 is 0 Å². The Morgan fingerprint density at radius 3 is 2.39 bits per heavy atom. The van der Waals surface area contributed by atoms with E-state index in [1.807, 2.05) is 44.3 Å². The molecule has 0 saturated carbocycles. The van der Waals surface area contributed by atoms with Crippen LogP contribution in [0.3, 0.4) is 0 Å². The molecule has 0 saturated heterocycles. The van der Waals surface area contributed by atoms with Crippen molar-refractivity contribution in [3.63, 3.8) is 0 Å². The van der Waals surface area contributed by atoms with Crippen molar-refractivity contribution >= 4 is 17.6 Å². The monoisotopic (exact) mass is 490 g/mol. The minimum Gasteiger partial charge on any atom is -0.493 e. The maximum absolute atomic E-state index is 12.7. The van der Waals surface area contributed by atoms with E-state index in [1.165, 1.54) is 5.01 Å². The number of ether oxygens (including phenoxy) is 2. The molecule has 3 aromatic rings. The minimum absolute atomic E-state index is 0.196. The number of urea groups is 1. The number of hydrogen-bond acceptors (Lipinski definition) is 6. The molecule has 1 aliphatic heterocycles. The van der Waals surface area contributed by atoms with Gasteiger partial charge in [-0.15, -0.1) is 0 Å². The molecule has 4 rings (SSSR count). The first-order chi connectivity index (χ1) is 17.4. The fourth-order valence-electron chi connectivity index (χ4n) is 4.18. The number of carbonyl (C=O) groups excluding carboxylic acids is 2. The van der Waals surface area contributed by atoms with E-state index in [4.69, 9.17) is 14.6 Å². The largest absolute Gasteiger partial charge is 0.493 e. The third kappa shape index (κ3) is 4.88. The van der Waals surface area contributed by atoms with Gasteiger partial charge in [-0.05, 0) is 49.2 Å². The Balaban J connectivity index is 1.70. The van der Waals surface area contributed by atoms with Gasteiger partial charge in [-0.1, -0.05) is 12.1 Å². The fraction of sp³-hybridized carbons (Fsp3) is 0.308. The SMILES string of the molecule is CNC(=O)N1N=C(c2ccc(C(=O)NCc3ccnn3C)cc2)c2cc(OC)c(OC)cc2CC1C. The van der Waals surface area contributed by atoms with Crippen LogP contribution in [0.5, 0.6) is 11.5 Å². The van der Waals surface area contributed by atoms with E-state index in [2.05, 4.69) is 15.7 Å². The maximum atomic E-state index is 12.7. The van der Waals surface area contributed by atoms with Gasteiger partial charge in [0, 0.05) is 37.0 Å². The van der Waals surface area contributed by atoms with Gasteiger partial charge in [0.2, 0.25) is 0 Å². The smallest absolute Gasteiger partial charge is 0.337 e. The lowest BCUT2D eigenvalue weighted by atomic mass is 9.93. The van der Waals surface area contributed by atoms with Crippen LogP contribution in [-0.4, -0.2) is 59.7 Å². The highest BCUT2D eigenvalue weighted by molar-refractivity contribution is 6.15. The quantitative estimate of drug-likeness (QED) is 0.552. The second-order valence-corrected chi connectivity index (χ2v) is 8.47. The lowest BCUT2D eigenvalue weighted by Gasteiger charge is -2.22. The highest BCUT2D eigenvalue weighted by Crippen LogP contribution is 2.34. The van der Waals surface area contributed by atoms with Crippen LogP contribution < -0.4 is 20.1 Å². The highest BCUT2D eigenvalue weighted by atomic mass is 16.5. The van der Waals surface area contributed by atoms with Gasteiger partial charge in [-0.25, -0.2) is 9.80 Å². The Hall–Kier alpha value is -4.34. The zero-order valence-corrected chi connectivity index (χ0v) is 21.0. The first kappa shape index (κ1) is 24.8. The second kappa shape index (κ2) is 10.5. The van der Waals surface area contributed by atoms with Crippen molar-refractivity contribution < 1.29 is 19.1 Å². The van der Waals surface area contributed by atoms with E-state index in [9.17, 15) is 9.59 Å². The number of nitrogens with one attached hydrogen (secondary N) is 2. The molecule has 0 fully saturated rings. The summed E-state index contributed by atoms with van der Waals surface area (Å²) in [7, 11) is 6.58. The molecule has 0 radical (unpaired) electrons. The standard InChI is InChI=1S/C26H30N6O4/c1-16-12-19-13-22(35-4)23(36-5)14-21(19)24(30-32(16)26(34)27-2)17-6-8-18(9-7-17)25(33)28-15-20-10-11-29-31(20)3/h6-11,13-14,16H,12,15H2,1-5H3,(H,27,34)(H,28,33). The van der Waals surface area contributed by atoms with E-state index in [0.29, 0.717) is 35.7 Å². The Kier molecular flexibility index (Phi) is 7.23. The average Bonchev–Trinajstić information content (AvgIpc) is 3.25. The molecule has 2 aromatic carbocycles. The number of aryl methyl sites for hydroxylation is 1. The normalized spacial score (nSPS) is 14.9. The molecule has 3 amide bonds. The van der Waals surface area contributed by atoms with Gasteiger partial charge < -0.3 is 20.1 Å². The van der Waals surface area contributed by atoms with Crippen LogP contribution in [0.15, 0.2) is 53.8 Å². The van der Waals surface area contributed by atoms with Gasteiger partial charge in [0.05, 0.1) is 38.2 Å². The minimum atomic E-state index is -0.308. The summed E-state index contributed by atoms with van der Waals surface area (Å²) in [6.07, 6.45) is 2.26. The molecule has 10 heteroatoms. The van der Waals surface area contributed by atoms with Crippen molar-refractivity contribution in [1.29, 1.82) is 0 Å². The summed E-state index contributed by atoms with van der Waals surface area (Å²) in [6.45, 7) is 2.32. The molecule has 36 heavy (non-hydrogen) atoms. The van der Waals surface area contributed by atoms with Gasteiger partial charge in [0.1, 0.15) is 0 Å². The summed E-state index contributed by atoms with van der Waals surface area (Å²) in [4.78, 5) is 25.3. The third-order valence-electron chi connectivity index (χ3n) is 6.20. The first-order valence-electron chi connectivity index (χ1n) is 11.6. The van der Waals surface area contributed by atoms with Crippen LogP contribution >= 0.6 is 0 Å². The Morgan fingerprint density at radius 2 is 1.78 bits per heavy atom. The molecule has 10 nitrogen and oxygen atoms in total. The molecular formula is C26H30N6O4. The maximum Gasteiger partial charge on any atom is 0.337 e. The Morgan fingerprint density at radius 1 is 1.08 bits per heavy atom. The van der Waals surface area contributed by atoms with Crippen LogP contribution in [0, 0.1) is 0 Å². The Labute approximate surface area is 209 Å². The predicted octanol–water partition coefficient (Wildman–Crippen LogP) is 2.71. The molecule has 1 aliphatic rings. The summed E-state index contributed by atoms with van der Waals surface area (Å²) >= 11 is 0. The van der Waals surface area contributed by atoms with Crippen LogP contribution in [-0.2, 0) is 20.0 Å². The average molecular weight is 491 g/mol. The topological polar surface area (TPSA) is 110 Å². The molecule has 2 heterocycles. The molecule has 1 aromatic heterocycles. The van der Waals surface area contributed by atoms with E-state index in [0.717, 1.165) is 22.4 Å². The Bertz CT molecular complexity index is 1300. The number of aromatic nitrogens is 2. The van der Waals surface area contributed by atoms with Crippen molar-refractivity contribution in [3.8, 4) is 11.5 Å². The number of fused-ring (bicyclic) bond motifs is 1. The van der Waals surface area contributed by atoms with Crippen molar-refractivity contribution in [2.45, 2.75) is 25.9 Å². The fourth-order valence-corrected chi connectivity index (χ4v) is 4.18. The van der Waals surface area contributed by atoms with Crippen LogP contribution in [0.4, 0.5) is 4.79 Å². The first-order valence-corrected chi connectivity index (χ1v) is 11.6. The van der Waals surface area contributed by atoms with Crippen LogP contribution in [0.1, 0.15) is 39.7 Å². The summed E-state index contributed by atoms with van der Waals surface area (Å²) in [5.74, 6) is 0.978. The van der Waals surface area contributed by atoms with Crippen LogP contribution in [0.2, 0.25) is 0 Å². The van der Waals surface area contributed by atoms with Gasteiger partial charge in [-0.3, -0.25) is 9.48 Å². The van der Waals surface area contributed by atoms with Crippen molar-refractivity contribution in [1.82, 2.24) is 25.4 Å². The van der Waals surface area contributed by atoms with Gasteiger partial charge in [-0.2, -0.15) is 10.2 Å². The number of nitrogens with zero attached hydrogens (tertiary/aromatic N) is 4.